The summed E-state index contributed by atoms with van der Waals surface area (Å²) in [4.78, 5) is 0. The number of halogens is 2. The molecule has 0 bridgehead atoms. The third-order valence-corrected chi connectivity index (χ3v) is 2.90. The van der Waals surface area contributed by atoms with Crippen molar-refractivity contribution < 1.29 is 13.9 Å². The molecule has 100 valence electrons. The number of rotatable bonds is 4. The monoisotopic (exact) mass is 281 g/mol. The van der Waals surface area contributed by atoms with Gasteiger partial charge in [-0.05, 0) is 24.3 Å². The van der Waals surface area contributed by atoms with Crippen molar-refractivity contribution >= 4 is 17.3 Å². The molecule has 0 atom stereocenters. The van der Waals surface area contributed by atoms with Crippen LogP contribution in [-0.4, -0.2) is 7.11 Å². The third-order valence-electron chi connectivity index (χ3n) is 2.61. The van der Waals surface area contributed by atoms with Gasteiger partial charge in [0, 0.05) is 17.3 Å². The van der Waals surface area contributed by atoms with Crippen molar-refractivity contribution in [2.45, 2.75) is 6.61 Å². The van der Waals surface area contributed by atoms with Crippen LogP contribution in [0.2, 0.25) is 5.02 Å². The van der Waals surface area contributed by atoms with E-state index in [1.54, 1.807) is 24.3 Å². The van der Waals surface area contributed by atoms with E-state index in [1.807, 2.05) is 0 Å². The predicted molar refractivity (Wildman–Crippen MR) is 73.1 cm³/mol. The lowest BCUT2D eigenvalue weighted by Gasteiger charge is -2.11. The zero-order chi connectivity index (χ0) is 13.8. The zero-order valence-corrected chi connectivity index (χ0v) is 11.1. The van der Waals surface area contributed by atoms with Crippen molar-refractivity contribution in [2.75, 3.05) is 12.8 Å². The number of hydrogen-bond acceptors (Lipinski definition) is 3. The van der Waals surface area contributed by atoms with Crippen LogP contribution in [0.5, 0.6) is 11.5 Å². The molecule has 0 unspecified atom stereocenters. The Morgan fingerprint density at radius 2 is 2.00 bits per heavy atom. The van der Waals surface area contributed by atoms with Crippen LogP contribution in [0.3, 0.4) is 0 Å². The van der Waals surface area contributed by atoms with Gasteiger partial charge in [-0.2, -0.15) is 0 Å². The number of nitrogens with two attached hydrogens (primary N) is 1. The molecule has 0 amide bonds. The Kier molecular flexibility index (Phi) is 4.12. The Morgan fingerprint density at radius 1 is 1.21 bits per heavy atom. The van der Waals surface area contributed by atoms with Gasteiger partial charge in [0.1, 0.15) is 12.4 Å². The van der Waals surface area contributed by atoms with Crippen LogP contribution in [0.1, 0.15) is 5.56 Å². The summed E-state index contributed by atoms with van der Waals surface area (Å²) >= 11 is 5.68. The van der Waals surface area contributed by atoms with Crippen molar-refractivity contribution in [1.29, 1.82) is 0 Å². The van der Waals surface area contributed by atoms with Crippen molar-refractivity contribution in [3.63, 3.8) is 0 Å². The van der Waals surface area contributed by atoms with Gasteiger partial charge < -0.3 is 15.2 Å². The second-order valence-corrected chi connectivity index (χ2v) is 4.32. The summed E-state index contributed by atoms with van der Waals surface area (Å²) in [6.45, 7) is 0.167. The van der Waals surface area contributed by atoms with E-state index in [0.29, 0.717) is 11.4 Å². The highest BCUT2D eigenvalue weighted by molar-refractivity contribution is 6.30. The second kappa shape index (κ2) is 5.80. The first kappa shape index (κ1) is 13.5. The second-order valence-electron chi connectivity index (χ2n) is 3.91. The summed E-state index contributed by atoms with van der Waals surface area (Å²) in [5.41, 5.74) is 7.02. The third kappa shape index (κ3) is 3.09. The standard InChI is InChI=1S/C14H13ClFNO2/c1-18-13-7-10(17)6-5-9(13)8-19-12-4-2-3-11(15)14(12)16/h2-7H,8,17H2,1H3. The summed E-state index contributed by atoms with van der Waals surface area (Å²) in [5.74, 6) is 0.132. The van der Waals surface area contributed by atoms with E-state index < -0.39 is 5.82 Å². The number of anilines is 1. The molecule has 2 aromatic carbocycles. The van der Waals surface area contributed by atoms with Crippen LogP contribution in [0, 0.1) is 5.82 Å². The highest BCUT2D eigenvalue weighted by atomic mass is 35.5. The first-order chi connectivity index (χ1) is 9.11. The number of ether oxygens (including phenoxy) is 2. The van der Waals surface area contributed by atoms with Crippen LogP contribution < -0.4 is 15.2 Å². The van der Waals surface area contributed by atoms with E-state index in [-0.39, 0.29) is 17.4 Å². The van der Waals surface area contributed by atoms with Gasteiger partial charge in [0.25, 0.3) is 0 Å². The fourth-order valence-corrected chi connectivity index (χ4v) is 1.80. The molecule has 0 saturated heterocycles. The number of hydrogen-bond donors (Lipinski definition) is 1. The van der Waals surface area contributed by atoms with Gasteiger partial charge in [-0.15, -0.1) is 0 Å². The molecule has 5 heteroatoms. The molecule has 19 heavy (non-hydrogen) atoms. The molecule has 0 aromatic heterocycles. The molecule has 0 radical (unpaired) electrons. The molecule has 0 saturated carbocycles. The molecule has 0 spiro atoms. The Bertz CT molecular complexity index is 590. The first-order valence-electron chi connectivity index (χ1n) is 5.61. The fourth-order valence-electron chi connectivity index (χ4n) is 1.63. The molecule has 0 heterocycles. The van der Waals surface area contributed by atoms with E-state index in [0.717, 1.165) is 5.56 Å². The molecule has 2 N–H and O–H groups in total. The molecule has 0 aliphatic rings. The fraction of sp³-hybridized carbons (Fsp3) is 0.143. The normalized spacial score (nSPS) is 10.3. The molecule has 0 aliphatic carbocycles. The topological polar surface area (TPSA) is 44.5 Å². The van der Waals surface area contributed by atoms with Crippen molar-refractivity contribution in [2.24, 2.45) is 0 Å². The van der Waals surface area contributed by atoms with E-state index in [2.05, 4.69) is 0 Å². The van der Waals surface area contributed by atoms with Crippen molar-refractivity contribution in [3.05, 3.63) is 52.8 Å². The molecule has 3 nitrogen and oxygen atoms in total. The highest BCUT2D eigenvalue weighted by Crippen LogP contribution is 2.27. The first-order valence-corrected chi connectivity index (χ1v) is 5.99. The Balaban J connectivity index is 2.17. The number of methoxy groups -OCH3 is 1. The lowest BCUT2D eigenvalue weighted by molar-refractivity contribution is 0.283. The molecular formula is C14H13ClFNO2. The van der Waals surface area contributed by atoms with E-state index in [4.69, 9.17) is 26.8 Å². The van der Waals surface area contributed by atoms with Crippen LogP contribution in [0.25, 0.3) is 0 Å². The van der Waals surface area contributed by atoms with Crippen LogP contribution in [0.15, 0.2) is 36.4 Å². The van der Waals surface area contributed by atoms with E-state index in [9.17, 15) is 4.39 Å². The maximum Gasteiger partial charge on any atom is 0.183 e. The summed E-state index contributed by atoms with van der Waals surface area (Å²) in [6, 6.07) is 9.80. The van der Waals surface area contributed by atoms with Crippen LogP contribution in [-0.2, 0) is 6.61 Å². The van der Waals surface area contributed by atoms with Gasteiger partial charge in [-0.3, -0.25) is 0 Å². The summed E-state index contributed by atoms with van der Waals surface area (Å²) in [5, 5.41) is 0.0294. The zero-order valence-electron chi connectivity index (χ0n) is 10.3. The Labute approximate surface area is 115 Å². The largest absolute Gasteiger partial charge is 0.496 e. The average molecular weight is 282 g/mol. The number of nitrogen functional groups attached to an aromatic ring is 1. The minimum absolute atomic E-state index is 0.0294. The van der Waals surface area contributed by atoms with Gasteiger partial charge in [-0.1, -0.05) is 17.7 Å². The Morgan fingerprint density at radius 3 is 2.74 bits per heavy atom. The number of benzene rings is 2. The summed E-state index contributed by atoms with van der Waals surface area (Å²) in [6.07, 6.45) is 0. The maximum atomic E-state index is 13.6. The molecular weight excluding hydrogens is 269 g/mol. The van der Waals surface area contributed by atoms with Crippen molar-refractivity contribution in [3.8, 4) is 11.5 Å². The molecule has 0 fully saturated rings. The van der Waals surface area contributed by atoms with E-state index >= 15 is 0 Å². The minimum Gasteiger partial charge on any atom is -0.496 e. The predicted octanol–water partition coefficient (Wildman–Crippen LogP) is 3.65. The smallest absolute Gasteiger partial charge is 0.183 e. The van der Waals surface area contributed by atoms with Gasteiger partial charge in [-0.25, -0.2) is 4.39 Å². The lowest BCUT2D eigenvalue weighted by Crippen LogP contribution is -2.01. The SMILES string of the molecule is COc1cc(N)ccc1COc1cccc(Cl)c1F. The van der Waals surface area contributed by atoms with Crippen molar-refractivity contribution in [1.82, 2.24) is 0 Å². The lowest BCUT2D eigenvalue weighted by atomic mass is 10.2. The van der Waals surface area contributed by atoms with Gasteiger partial charge >= 0.3 is 0 Å². The summed E-state index contributed by atoms with van der Waals surface area (Å²) < 4.78 is 24.2. The van der Waals surface area contributed by atoms with E-state index in [1.165, 1.54) is 19.2 Å². The van der Waals surface area contributed by atoms with Gasteiger partial charge in [0.05, 0.1) is 12.1 Å². The quantitative estimate of drug-likeness (QED) is 0.870. The molecule has 2 aromatic rings. The Hall–Kier alpha value is -1.94. The van der Waals surface area contributed by atoms with Gasteiger partial charge in [0.15, 0.2) is 11.6 Å². The average Bonchev–Trinajstić information content (AvgIpc) is 2.41. The molecule has 0 aliphatic heterocycles. The van der Waals surface area contributed by atoms with Crippen LogP contribution >= 0.6 is 11.6 Å². The summed E-state index contributed by atoms with van der Waals surface area (Å²) in [7, 11) is 1.54. The maximum absolute atomic E-state index is 13.6. The highest BCUT2D eigenvalue weighted by Gasteiger charge is 2.09. The van der Waals surface area contributed by atoms with Crippen LogP contribution in [0.4, 0.5) is 10.1 Å². The molecule has 2 rings (SSSR count). The van der Waals surface area contributed by atoms with Gasteiger partial charge in [0.2, 0.25) is 0 Å². The minimum atomic E-state index is -0.571.